The molecule has 2 aromatic rings. The third kappa shape index (κ3) is 3.65. The summed E-state index contributed by atoms with van der Waals surface area (Å²) in [6.07, 6.45) is 0.479. The van der Waals surface area contributed by atoms with Crippen molar-refractivity contribution in [1.82, 2.24) is 0 Å². The summed E-state index contributed by atoms with van der Waals surface area (Å²) in [6.45, 7) is 0. The zero-order valence-electron chi connectivity index (χ0n) is 11.9. The summed E-state index contributed by atoms with van der Waals surface area (Å²) < 4.78 is 24.4. The van der Waals surface area contributed by atoms with Crippen LogP contribution in [-0.2, 0) is 6.42 Å². The Balaban J connectivity index is 2.28. The van der Waals surface area contributed by atoms with Crippen LogP contribution < -0.4 is 15.2 Å². The highest BCUT2D eigenvalue weighted by Crippen LogP contribution is 2.32. The van der Waals surface area contributed by atoms with E-state index in [9.17, 15) is 4.39 Å². The maximum Gasteiger partial charge on any atom is 0.163 e. The SMILES string of the molecule is COc1cc(F)c(C(N)Cc2cccc(Cl)c2)cc1OC. The minimum atomic E-state index is -0.497. The molecule has 5 heteroatoms. The molecule has 0 amide bonds. The third-order valence-corrected chi connectivity index (χ3v) is 3.48. The fourth-order valence-electron chi connectivity index (χ4n) is 2.18. The van der Waals surface area contributed by atoms with Crippen LogP contribution in [0, 0.1) is 5.82 Å². The maximum atomic E-state index is 14.1. The van der Waals surface area contributed by atoms with Crippen LogP contribution in [0.1, 0.15) is 17.2 Å². The van der Waals surface area contributed by atoms with Gasteiger partial charge in [-0.1, -0.05) is 23.7 Å². The monoisotopic (exact) mass is 309 g/mol. The van der Waals surface area contributed by atoms with Gasteiger partial charge in [0.1, 0.15) is 5.82 Å². The van der Waals surface area contributed by atoms with E-state index in [1.165, 1.54) is 20.3 Å². The summed E-state index contributed by atoms with van der Waals surface area (Å²) in [5.41, 5.74) is 7.44. The smallest absolute Gasteiger partial charge is 0.163 e. The summed E-state index contributed by atoms with van der Waals surface area (Å²) in [5, 5.41) is 0.632. The zero-order chi connectivity index (χ0) is 15.4. The van der Waals surface area contributed by atoms with Gasteiger partial charge in [0.15, 0.2) is 11.5 Å². The molecule has 3 nitrogen and oxygen atoms in total. The molecule has 0 spiro atoms. The molecule has 1 unspecified atom stereocenters. The van der Waals surface area contributed by atoms with Crippen molar-refractivity contribution in [2.24, 2.45) is 5.73 Å². The van der Waals surface area contributed by atoms with Gasteiger partial charge in [-0.15, -0.1) is 0 Å². The van der Waals surface area contributed by atoms with Gasteiger partial charge in [0, 0.05) is 22.7 Å². The van der Waals surface area contributed by atoms with Crippen molar-refractivity contribution in [3.63, 3.8) is 0 Å². The Morgan fingerprint density at radius 3 is 2.43 bits per heavy atom. The molecule has 2 rings (SSSR count). The van der Waals surface area contributed by atoms with Crippen molar-refractivity contribution in [2.75, 3.05) is 14.2 Å². The Bertz CT molecular complexity index is 634. The average Bonchev–Trinajstić information content (AvgIpc) is 2.46. The largest absolute Gasteiger partial charge is 0.493 e. The fraction of sp³-hybridized carbons (Fsp3) is 0.250. The van der Waals surface area contributed by atoms with Crippen LogP contribution >= 0.6 is 11.6 Å². The van der Waals surface area contributed by atoms with E-state index >= 15 is 0 Å². The molecule has 21 heavy (non-hydrogen) atoms. The predicted octanol–water partition coefficient (Wildman–Crippen LogP) is 3.74. The van der Waals surface area contributed by atoms with Gasteiger partial charge in [-0.25, -0.2) is 4.39 Å². The number of benzene rings is 2. The van der Waals surface area contributed by atoms with Crippen LogP contribution in [0.15, 0.2) is 36.4 Å². The first-order chi connectivity index (χ1) is 10.0. The van der Waals surface area contributed by atoms with E-state index in [1.807, 2.05) is 18.2 Å². The molecule has 0 aromatic heterocycles. The van der Waals surface area contributed by atoms with E-state index in [1.54, 1.807) is 12.1 Å². The topological polar surface area (TPSA) is 44.5 Å². The molecular weight excluding hydrogens is 293 g/mol. The summed E-state index contributed by atoms with van der Waals surface area (Å²) >= 11 is 5.94. The van der Waals surface area contributed by atoms with Gasteiger partial charge in [-0.2, -0.15) is 0 Å². The van der Waals surface area contributed by atoms with Crippen LogP contribution in [0.2, 0.25) is 5.02 Å². The molecule has 0 aliphatic carbocycles. The molecule has 0 saturated heterocycles. The summed E-state index contributed by atoms with van der Waals surface area (Å²) in [5.74, 6) is 0.381. The Hall–Kier alpha value is -1.78. The number of methoxy groups -OCH3 is 2. The van der Waals surface area contributed by atoms with Crippen LogP contribution in [0.5, 0.6) is 11.5 Å². The van der Waals surface area contributed by atoms with Crippen molar-refractivity contribution in [3.8, 4) is 11.5 Å². The van der Waals surface area contributed by atoms with Crippen molar-refractivity contribution in [1.29, 1.82) is 0 Å². The summed E-state index contributed by atoms with van der Waals surface area (Å²) in [6, 6.07) is 9.71. The second-order valence-corrected chi connectivity index (χ2v) is 5.11. The summed E-state index contributed by atoms with van der Waals surface area (Å²) in [7, 11) is 2.96. The van der Waals surface area contributed by atoms with Crippen molar-refractivity contribution in [3.05, 3.63) is 58.4 Å². The lowest BCUT2D eigenvalue weighted by Crippen LogP contribution is -2.15. The van der Waals surface area contributed by atoms with E-state index < -0.39 is 11.9 Å². The van der Waals surface area contributed by atoms with E-state index in [2.05, 4.69) is 0 Å². The first-order valence-corrected chi connectivity index (χ1v) is 6.84. The first-order valence-electron chi connectivity index (χ1n) is 6.46. The molecule has 0 saturated carbocycles. The van der Waals surface area contributed by atoms with Crippen molar-refractivity contribution in [2.45, 2.75) is 12.5 Å². The molecule has 1 atom stereocenters. The lowest BCUT2D eigenvalue weighted by Gasteiger charge is -2.16. The van der Waals surface area contributed by atoms with E-state index in [-0.39, 0.29) is 0 Å². The van der Waals surface area contributed by atoms with E-state index in [4.69, 9.17) is 26.8 Å². The normalized spacial score (nSPS) is 12.0. The van der Waals surface area contributed by atoms with Gasteiger partial charge in [0.25, 0.3) is 0 Å². The van der Waals surface area contributed by atoms with Gasteiger partial charge in [0.2, 0.25) is 0 Å². The Morgan fingerprint density at radius 1 is 1.14 bits per heavy atom. The third-order valence-electron chi connectivity index (χ3n) is 3.25. The van der Waals surface area contributed by atoms with E-state index in [0.717, 1.165) is 5.56 Å². The molecule has 0 aliphatic rings. The first kappa shape index (κ1) is 15.6. The molecule has 0 radical (unpaired) electrons. The average molecular weight is 310 g/mol. The van der Waals surface area contributed by atoms with Crippen LogP contribution in [0.4, 0.5) is 4.39 Å². The van der Waals surface area contributed by atoms with Gasteiger partial charge in [0.05, 0.1) is 14.2 Å². The Morgan fingerprint density at radius 2 is 1.81 bits per heavy atom. The minimum absolute atomic E-state index is 0.341. The van der Waals surface area contributed by atoms with Crippen molar-refractivity contribution >= 4 is 11.6 Å². The Labute approximate surface area is 128 Å². The van der Waals surface area contributed by atoms with Gasteiger partial charge >= 0.3 is 0 Å². The molecule has 0 aliphatic heterocycles. The number of ether oxygens (including phenoxy) is 2. The number of hydrogen-bond donors (Lipinski definition) is 1. The van der Waals surface area contributed by atoms with Crippen LogP contribution in [0.3, 0.4) is 0 Å². The fourth-order valence-corrected chi connectivity index (χ4v) is 2.39. The van der Waals surface area contributed by atoms with Crippen molar-refractivity contribution < 1.29 is 13.9 Å². The highest BCUT2D eigenvalue weighted by atomic mass is 35.5. The molecule has 2 aromatic carbocycles. The van der Waals surface area contributed by atoms with Crippen LogP contribution in [-0.4, -0.2) is 14.2 Å². The lowest BCUT2D eigenvalue weighted by atomic mass is 9.99. The predicted molar refractivity (Wildman–Crippen MR) is 81.6 cm³/mol. The molecule has 0 fully saturated rings. The van der Waals surface area contributed by atoms with Gasteiger partial charge in [-0.3, -0.25) is 0 Å². The summed E-state index contributed by atoms with van der Waals surface area (Å²) in [4.78, 5) is 0. The van der Waals surface area contributed by atoms with Gasteiger partial charge < -0.3 is 15.2 Å². The number of nitrogens with two attached hydrogens (primary N) is 1. The second-order valence-electron chi connectivity index (χ2n) is 4.67. The minimum Gasteiger partial charge on any atom is -0.493 e. The quantitative estimate of drug-likeness (QED) is 0.915. The number of hydrogen-bond acceptors (Lipinski definition) is 3. The maximum absolute atomic E-state index is 14.1. The highest BCUT2D eigenvalue weighted by Gasteiger charge is 2.17. The number of halogens is 2. The molecule has 112 valence electrons. The number of rotatable bonds is 5. The van der Waals surface area contributed by atoms with E-state index in [0.29, 0.717) is 28.5 Å². The highest BCUT2D eigenvalue weighted by molar-refractivity contribution is 6.30. The van der Waals surface area contributed by atoms with Gasteiger partial charge in [-0.05, 0) is 30.2 Å². The molecular formula is C16H17ClFNO2. The van der Waals surface area contributed by atoms with Crippen LogP contribution in [0.25, 0.3) is 0 Å². The lowest BCUT2D eigenvalue weighted by molar-refractivity contribution is 0.351. The zero-order valence-corrected chi connectivity index (χ0v) is 12.7. The molecule has 2 N–H and O–H groups in total. The molecule has 0 heterocycles. The second kappa shape index (κ2) is 6.78. The Kier molecular flexibility index (Phi) is 5.04. The standard InChI is InChI=1S/C16H17ClFNO2/c1-20-15-8-12(13(18)9-16(15)21-2)14(19)7-10-4-3-5-11(17)6-10/h3-6,8-9,14H,7,19H2,1-2H3. The molecule has 0 bridgehead atoms.